The van der Waals surface area contributed by atoms with Gasteiger partial charge in [0.2, 0.25) is 5.91 Å². The van der Waals surface area contributed by atoms with Gasteiger partial charge in [0.05, 0.1) is 38.3 Å². The van der Waals surface area contributed by atoms with Crippen LogP contribution in [0.5, 0.6) is 0 Å². The topological polar surface area (TPSA) is 93.2 Å². The van der Waals surface area contributed by atoms with Crippen molar-refractivity contribution >= 4 is 47.0 Å². The summed E-state index contributed by atoms with van der Waals surface area (Å²) in [6, 6.07) is 28.1. The summed E-state index contributed by atoms with van der Waals surface area (Å²) in [5.74, 6) is -4.24. The highest BCUT2D eigenvalue weighted by Crippen LogP contribution is 2.63. The second-order valence-corrected chi connectivity index (χ2v) is 12.5. The first-order valence-electron chi connectivity index (χ1n) is 15.5. The number of hydrogen-bond acceptors (Lipinski definition) is 7. The summed E-state index contributed by atoms with van der Waals surface area (Å²) in [6.45, 7) is 2.09. The predicted octanol–water partition coefficient (Wildman–Crippen LogP) is 6.57. The molecule has 0 fully saturated rings. The fourth-order valence-electron chi connectivity index (χ4n) is 7.49. The van der Waals surface area contributed by atoms with Crippen molar-refractivity contribution in [2.45, 2.75) is 24.9 Å². The summed E-state index contributed by atoms with van der Waals surface area (Å²) in [4.78, 5) is 62.1. The Kier molecular flexibility index (Phi) is 7.76. The second-order valence-electron chi connectivity index (χ2n) is 12.1. The van der Waals surface area contributed by atoms with Crippen molar-refractivity contribution in [1.29, 1.82) is 0 Å². The molecule has 0 radical (unpaired) electrons. The van der Waals surface area contributed by atoms with Crippen LogP contribution in [0.1, 0.15) is 44.2 Å². The molecule has 3 heterocycles. The lowest BCUT2D eigenvalue weighted by atomic mass is 9.56. The van der Waals surface area contributed by atoms with Crippen molar-refractivity contribution < 1.29 is 28.7 Å². The smallest absolute Gasteiger partial charge is 0.355 e. The standard InChI is InChI=1S/C39H31ClN2O6/c1-23-13-15-26(16-14-23)34(43)32-31(36(44)47-2)33(37(45)48-3)41-20-19-25-11-7-8-12-28(25)35(41)39(32)29-21-27(40)17-18-30(29)42(38(39)46)22-24-9-5-4-6-10-24/h4-21,32,35H,22H2,1-3H3/t32?,35-,39-/m1/s1. The third-order valence-corrected chi connectivity index (χ3v) is 9.77. The minimum Gasteiger partial charge on any atom is -0.466 e. The lowest BCUT2D eigenvalue weighted by Gasteiger charge is -2.52. The fraction of sp³-hybridized carbons (Fsp3) is 0.179. The zero-order valence-corrected chi connectivity index (χ0v) is 27.2. The predicted molar refractivity (Wildman–Crippen MR) is 181 cm³/mol. The van der Waals surface area contributed by atoms with Gasteiger partial charge >= 0.3 is 11.9 Å². The molecule has 7 rings (SSSR count). The van der Waals surface area contributed by atoms with E-state index in [0.717, 1.165) is 16.7 Å². The number of halogens is 1. The number of rotatable bonds is 6. The molecule has 3 atom stereocenters. The van der Waals surface area contributed by atoms with Gasteiger partial charge in [-0.15, -0.1) is 0 Å². The summed E-state index contributed by atoms with van der Waals surface area (Å²) in [5, 5.41) is 0.345. The third kappa shape index (κ3) is 4.58. The maximum absolute atomic E-state index is 15.7. The number of esters is 2. The minimum absolute atomic E-state index is 0.172. The van der Waals surface area contributed by atoms with Crippen molar-refractivity contribution in [3.05, 3.63) is 153 Å². The van der Waals surface area contributed by atoms with E-state index in [9.17, 15) is 9.59 Å². The third-order valence-electron chi connectivity index (χ3n) is 9.53. The van der Waals surface area contributed by atoms with Crippen molar-refractivity contribution in [2.75, 3.05) is 19.1 Å². The number of carbonyl (C=O) groups is 4. The molecule has 0 aliphatic carbocycles. The number of amides is 1. The SMILES string of the molecule is COC(=O)C1=C(C(=O)OC)N2C=Cc3ccccc3[C@@H]2[C@]2(C(=O)N(Cc3ccccc3)c3ccc(Cl)cc32)C1C(=O)c1ccc(C)cc1. The van der Waals surface area contributed by atoms with E-state index in [4.69, 9.17) is 21.1 Å². The van der Waals surface area contributed by atoms with Crippen LogP contribution in [0.2, 0.25) is 5.02 Å². The van der Waals surface area contributed by atoms with Crippen LogP contribution < -0.4 is 4.90 Å². The number of fused-ring (bicyclic) bond motifs is 6. The molecule has 9 heteroatoms. The number of nitrogens with zero attached hydrogens (tertiary/aromatic N) is 2. The van der Waals surface area contributed by atoms with E-state index >= 15 is 9.59 Å². The van der Waals surface area contributed by atoms with E-state index in [1.54, 1.807) is 64.5 Å². The molecule has 8 nitrogen and oxygen atoms in total. The first-order chi connectivity index (χ1) is 23.2. The average molecular weight is 659 g/mol. The van der Waals surface area contributed by atoms with Crippen molar-refractivity contribution in [3.8, 4) is 0 Å². The van der Waals surface area contributed by atoms with Crippen LogP contribution in [-0.4, -0.2) is 42.7 Å². The number of ketones is 1. The number of aryl methyl sites for hydroxylation is 1. The Morgan fingerprint density at radius 3 is 2.25 bits per heavy atom. The Balaban J connectivity index is 1.63. The lowest BCUT2D eigenvalue weighted by molar-refractivity contribution is -0.144. The van der Waals surface area contributed by atoms with Crippen LogP contribution in [0, 0.1) is 12.8 Å². The van der Waals surface area contributed by atoms with Gasteiger partial charge in [-0.05, 0) is 53.5 Å². The van der Waals surface area contributed by atoms with E-state index in [0.29, 0.717) is 21.8 Å². The number of methoxy groups -OCH3 is 2. The quantitative estimate of drug-likeness (QED) is 0.171. The molecule has 1 unspecified atom stereocenters. The number of benzene rings is 4. The van der Waals surface area contributed by atoms with Crippen LogP contribution in [0.4, 0.5) is 5.69 Å². The summed E-state index contributed by atoms with van der Waals surface area (Å²) in [5.41, 5.74) is 2.31. The van der Waals surface area contributed by atoms with Gasteiger partial charge in [-0.2, -0.15) is 0 Å². The van der Waals surface area contributed by atoms with Crippen molar-refractivity contribution in [2.24, 2.45) is 5.92 Å². The minimum atomic E-state index is -1.79. The van der Waals surface area contributed by atoms with E-state index in [-0.39, 0.29) is 23.4 Å². The van der Waals surface area contributed by atoms with Crippen molar-refractivity contribution in [3.63, 3.8) is 0 Å². The van der Waals surface area contributed by atoms with E-state index in [1.165, 1.54) is 14.2 Å². The van der Waals surface area contributed by atoms with Crippen LogP contribution in [0.3, 0.4) is 0 Å². The molecular formula is C39H31ClN2O6. The zero-order valence-electron chi connectivity index (χ0n) is 26.5. The molecule has 48 heavy (non-hydrogen) atoms. The largest absolute Gasteiger partial charge is 0.466 e. The summed E-state index contributed by atoms with van der Waals surface area (Å²) >= 11 is 6.73. The Bertz CT molecular complexity index is 2050. The van der Waals surface area contributed by atoms with Crippen molar-refractivity contribution in [1.82, 2.24) is 4.90 Å². The Morgan fingerprint density at radius 1 is 0.854 bits per heavy atom. The highest BCUT2D eigenvalue weighted by molar-refractivity contribution is 6.31. The van der Waals surface area contributed by atoms with Gasteiger partial charge in [-0.1, -0.05) is 96.0 Å². The van der Waals surface area contributed by atoms with Gasteiger partial charge < -0.3 is 19.3 Å². The Labute approximate surface area is 282 Å². The normalized spacial score (nSPS) is 20.7. The molecule has 0 saturated carbocycles. The van der Waals surface area contributed by atoms with Gasteiger partial charge in [0.25, 0.3) is 0 Å². The molecule has 1 spiro atoms. The molecule has 3 aliphatic rings. The summed E-state index contributed by atoms with van der Waals surface area (Å²) in [7, 11) is 2.39. The van der Waals surface area contributed by atoms with Gasteiger partial charge in [0.15, 0.2) is 5.78 Å². The molecule has 0 saturated heterocycles. The Morgan fingerprint density at radius 2 is 1.54 bits per heavy atom. The first kappa shape index (κ1) is 31.1. The molecule has 240 valence electrons. The molecule has 3 aliphatic heterocycles. The molecule has 4 aromatic carbocycles. The summed E-state index contributed by atoms with van der Waals surface area (Å²) < 4.78 is 10.6. The van der Waals surface area contributed by atoms with E-state index in [1.807, 2.05) is 61.5 Å². The van der Waals surface area contributed by atoms with Crippen LogP contribution >= 0.6 is 11.6 Å². The number of anilines is 1. The number of Topliss-reactive ketones (excluding diaryl/α,β-unsaturated/α-hetero) is 1. The number of carbonyl (C=O) groups excluding carboxylic acids is 4. The molecule has 0 bridgehead atoms. The van der Waals surface area contributed by atoms with Crippen LogP contribution in [0.25, 0.3) is 6.08 Å². The molecule has 4 aromatic rings. The monoisotopic (exact) mass is 658 g/mol. The van der Waals surface area contributed by atoms with Gasteiger partial charge in [0, 0.05) is 22.5 Å². The molecule has 0 N–H and O–H groups in total. The average Bonchev–Trinajstić information content (AvgIpc) is 3.33. The van der Waals surface area contributed by atoms with E-state index < -0.39 is 41.0 Å². The lowest BCUT2D eigenvalue weighted by Crippen LogP contribution is -2.61. The van der Waals surface area contributed by atoms with Crippen LogP contribution in [0.15, 0.2) is 115 Å². The number of hydrogen-bond donors (Lipinski definition) is 0. The first-order valence-corrected chi connectivity index (χ1v) is 15.8. The maximum atomic E-state index is 15.7. The van der Waals surface area contributed by atoms with Gasteiger partial charge in [0.1, 0.15) is 11.1 Å². The fourth-order valence-corrected chi connectivity index (χ4v) is 7.66. The maximum Gasteiger partial charge on any atom is 0.355 e. The highest BCUT2D eigenvalue weighted by atomic mass is 35.5. The van der Waals surface area contributed by atoms with E-state index in [2.05, 4.69) is 0 Å². The van der Waals surface area contributed by atoms with Gasteiger partial charge in [-0.3, -0.25) is 9.59 Å². The highest BCUT2D eigenvalue weighted by Gasteiger charge is 2.69. The van der Waals surface area contributed by atoms with Gasteiger partial charge in [-0.25, -0.2) is 9.59 Å². The number of ether oxygens (including phenoxy) is 2. The van der Waals surface area contributed by atoms with Crippen LogP contribution in [-0.2, 0) is 35.8 Å². The molecule has 0 aromatic heterocycles. The molecule has 1 amide bonds. The zero-order chi connectivity index (χ0) is 33.7. The Hall–Kier alpha value is -5.47. The second kappa shape index (κ2) is 12.0. The molecular weight excluding hydrogens is 628 g/mol. The summed E-state index contributed by atoms with van der Waals surface area (Å²) in [6.07, 6.45) is 3.47.